The first kappa shape index (κ1) is 17.7. The second kappa shape index (κ2) is 8.83. The number of hydrogen-bond donors (Lipinski definition) is 2. The van der Waals surface area contributed by atoms with Crippen molar-refractivity contribution >= 4 is 10.0 Å². The highest BCUT2D eigenvalue weighted by Gasteiger charge is 2.15. The van der Waals surface area contributed by atoms with E-state index in [2.05, 4.69) is 30.4 Å². The largest absolute Gasteiger partial charge is 0.395 e. The maximum atomic E-state index is 12.3. The summed E-state index contributed by atoms with van der Waals surface area (Å²) >= 11 is 0. The lowest BCUT2D eigenvalue weighted by atomic mass is 10.0. The minimum atomic E-state index is -3.50. The maximum Gasteiger partial charge on any atom is 0.240 e. The van der Waals surface area contributed by atoms with Crippen LogP contribution in [0.1, 0.15) is 38.7 Å². The number of aliphatic hydroxyl groups is 1. The lowest BCUT2D eigenvalue weighted by Crippen LogP contribution is -2.29. The minimum Gasteiger partial charge on any atom is -0.395 e. The first-order chi connectivity index (χ1) is 10.0. The average molecular weight is 309 g/mol. The van der Waals surface area contributed by atoms with Gasteiger partial charge in [0.05, 0.1) is 11.5 Å². The Hall–Kier alpha value is -1.35. The normalized spacial score (nSPS) is 11.2. The van der Waals surface area contributed by atoms with Crippen LogP contribution in [0.5, 0.6) is 0 Å². The zero-order valence-electron chi connectivity index (χ0n) is 12.6. The Bertz CT molecular complexity index is 595. The molecule has 0 aliphatic rings. The van der Waals surface area contributed by atoms with Crippen molar-refractivity contribution in [1.82, 2.24) is 4.72 Å². The van der Waals surface area contributed by atoms with Crippen molar-refractivity contribution in [3.63, 3.8) is 0 Å². The summed E-state index contributed by atoms with van der Waals surface area (Å²) in [5, 5.41) is 8.69. The Labute approximate surface area is 127 Å². The van der Waals surface area contributed by atoms with Gasteiger partial charge in [-0.3, -0.25) is 0 Å². The van der Waals surface area contributed by atoms with Gasteiger partial charge in [-0.05, 0) is 24.1 Å². The molecule has 0 amide bonds. The van der Waals surface area contributed by atoms with E-state index in [1.54, 1.807) is 24.3 Å². The lowest BCUT2D eigenvalue weighted by Gasteiger charge is -2.13. The molecule has 0 fully saturated rings. The fourth-order valence-electron chi connectivity index (χ4n) is 1.85. The van der Waals surface area contributed by atoms with Crippen LogP contribution in [-0.4, -0.2) is 26.7 Å². The van der Waals surface area contributed by atoms with Crippen LogP contribution in [0.2, 0.25) is 0 Å². The van der Waals surface area contributed by atoms with Gasteiger partial charge in [-0.2, -0.15) is 0 Å². The SMILES string of the molecule is CCC(CC)CNS(=O)(=O)c1cccc(C#CCCO)c1. The molecule has 2 N–H and O–H groups in total. The van der Waals surface area contributed by atoms with Crippen molar-refractivity contribution in [1.29, 1.82) is 0 Å². The van der Waals surface area contributed by atoms with Gasteiger partial charge in [0.15, 0.2) is 0 Å². The molecule has 1 aromatic rings. The summed E-state index contributed by atoms with van der Waals surface area (Å²) < 4.78 is 27.2. The Morgan fingerprint density at radius 3 is 2.62 bits per heavy atom. The van der Waals surface area contributed by atoms with Crippen LogP contribution in [0.25, 0.3) is 0 Å². The molecule has 0 saturated carbocycles. The minimum absolute atomic E-state index is 0.00195. The van der Waals surface area contributed by atoms with Crippen molar-refractivity contribution in [2.45, 2.75) is 38.0 Å². The molecule has 0 spiro atoms. The number of sulfonamides is 1. The van der Waals surface area contributed by atoms with E-state index in [1.807, 2.05) is 0 Å². The van der Waals surface area contributed by atoms with E-state index in [-0.39, 0.29) is 11.5 Å². The number of nitrogens with one attached hydrogen (secondary N) is 1. The highest BCUT2D eigenvalue weighted by Crippen LogP contribution is 2.12. The predicted octanol–water partition coefficient (Wildman–Crippen LogP) is 2.13. The maximum absolute atomic E-state index is 12.3. The van der Waals surface area contributed by atoms with Gasteiger partial charge >= 0.3 is 0 Å². The summed E-state index contributed by atoms with van der Waals surface area (Å²) in [6.07, 6.45) is 2.28. The van der Waals surface area contributed by atoms with E-state index in [1.165, 1.54) is 0 Å². The molecular weight excluding hydrogens is 286 g/mol. The highest BCUT2D eigenvalue weighted by molar-refractivity contribution is 7.89. The van der Waals surface area contributed by atoms with Crippen LogP contribution in [0.3, 0.4) is 0 Å². The molecule has 116 valence electrons. The molecule has 0 saturated heterocycles. The van der Waals surface area contributed by atoms with Crippen molar-refractivity contribution in [3.05, 3.63) is 29.8 Å². The van der Waals surface area contributed by atoms with E-state index < -0.39 is 10.0 Å². The van der Waals surface area contributed by atoms with Gasteiger partial charge in [0.2, 0.25) is 10.0 Å². The van der Waals surface area contributed by atoms with Gasteiger partial charge in [0.25, 0.3) is 0 Å². The predicted molar refractivity (Wildman–Crippen MR) is 84.3 cm³/mol. The van der Waals surface area contributed by atoms with Crippen LogP contribution in [0.15, 0.2) is 29.2 Å². The van der Waals surface area contributed by atoms with Crippen molar-refractivity contribution in [2.24, 2.45) is 5.92 Å². The van der Waals surface area contributed by atoms with Gasteiger partial charge < -0.3 is 5.11 Å². The Morgan fingerprint density at radius 1 is 1.29 bits per heavy atom. The van der Waals surface area contributed by atoms with Crippen LogP contribution in [0, 0.1) is 17.8 Å². The Balaban J connectivity index is 2.84. The lowest BCUT2D eigenvalue weighted by molar-refractivity contribution is 0.305. The van der Waals surface area contributed by atoms with Crippen LogP contribution in [-0.2, 0) is 10.0 Å². The zero-order chi connectivity index (χ0) is 15.7. The Kier molecular flexibility index (Phi) is 7.44. The summed E-state index contributed by atoms with van der Waals surface area (Å²) in [7, 11) is -3.50. The zero-order valence-corrected chi connectivity index (χ0v) is 13.4. The molecule has 0 atom stereocenters. The molecule has 21 heavy (non-hydrogen) atoms. The fourth-order valence-corrected chi connectivity index (χ4v) is 3.01. The second-order valence-electron chi connectivity index (χ2n) is 4.84. The molecule has 1 rings (SSSR count). The molecule has 5 heteroatoms. The van der Waals surface area contributed by atoms with Gasteiger partial charge in [-0.15, -0.1) is 0 Å². The number of hydrogen-bond acceptors (Lipinski definition) is 3. The highest BCUT2D eigenvalue weighted by atomic mass is 32.2. The summed E-state index contributed by atoms with van der Waals surface area (Å²) in [5.74, 6) is 5.98. The van der Waals surface area contributed by atoms with E-state index >= 15 is 0 Å². The molecular formula is C16H23NO3S. The summed E-state index contributed by atoms with van der Waals surface area (Å²) in [4.78, 5) is 0.226. The van der Waals surface area contributed by atoms with E-state index in [0.717, 1.165) is 12.8 Å². The van der Waals surface area contributed by atoms with Crippen molar-refractivity contribution in [2.75, 3.05) is 13.2 Å². The summed E-state index contributed by atoms with van der Waals surface area (Å²) in [6, 6.07) is 6.55. The monoisotopic (exact) mass is 309 g/mol. The van der Waals surface area contributed by atoms with Crippen molar-refractivity contribution in [3.8, 4) is 11.8 Å². The van der Waals surface area contributed by atoms with E-state index in [0.29, 0.717) is 24.4 Å². The van der Waals surface area contributed by atoms with Crippen LogP contribution >= 0.6 is 0 Å². The van der Waals surface area contributed by atoms with E-state index in [9.17, 15) is 8.42 Å². The molecule has 0 aliphatic heterocycles. The average Bonchev–Trinajstić information content (AvgIpc) is 2.49. The molecule has 0 unspecified atom stereocenters. The molecule has 0 aromatic heterocycles. The second-order valence-corrected chi connectivity index (χ2v) is 6.60. The van der Waals surface area contributed by atoms with Gasteiger partial charge in [-0.1, -0.05) is 44.6 Å². The van der Waals surface area contributed by atoms with Gasteiger partial charge in [0.1, 0.15) is 0 Å². The third kappa shape index (κ3) is 5.88. The smallest absolute Gasteiger partial charge is 0.240 e. The first-order valence-electron chi connectivity index (χ1n) is 7.23. The molecule has 0 heterocycles. The molecule has 0 aliphatic carbocycles. The number of rotatable bonds is 7. The third-order valence-corrected chi connectivity index (χ3v) is 4.75. The number of benzene rings is 1. The van der Waals surface area contributed by atoms with Gasteiger partial charge in [0, 0.05) is 18.5 Å². The summed E-state index contributed by atoms with van der Waals surface area (Å²) in [6.45, 7) is 4.57. The molecule has 0 bridgehead atoms. The van der Waals surface area contributed by atoms with Crippen LogP contribution < -0.4 is 4.72 Å². The first-order valence-corrected chi connectivity index (χ1v) is 8.71. The fraction of sp³-hybridized carbons (Fsp3) is 0.500. The topological polar surface area (TPSA) is 66.4 Å². The van der Waals surface area contributed by atoms with Crippen LogP contribution in [0.4, 0.5) is 0 Å². The standard InChI is InChI=1S/C16H23NO3S/c1-3-14(4-2)13-17-21(19,20)16-10-7-9-15(12-16)8-5-6-11-18/h7,9-10,12,14,17-18H,3-4,6,11,13H2,1-2H3. The van der Waals surface area contributed by atoms with Gasteiger partial charge in [-0.25, -0.2) is 13.1 Å². The van der Waals surface area contributed by atoms with Crippen molar-refractivity contribution < 1.29 is 13.5 Å². The number of aliphatic hydroxyl groups excluding tert-OH is 1. The Morgan fingerprint density at radius 2 is 2.00 bits per heavy atom. The summed E-state index contributed by atoms with van der Waals surface area (Å²) in [5.41, 5.74) is 0.633. The third-order valence-electron chi connectivity index (χ3n) is 3.33. The quantitative estimate of drug-likeness (QED) is 0.758. The molecule has 1 aromatic carbocycles. The van der Waals surface area contributed by atoms with E-state index in [4.69, 9.17) is 5.11 Å². The molecule has 0 radical (unpaired) electrons. The molecule has 4 nitrogen and oxygen atoms in total.